The maximum Gasteiger partial charge on any atom is 0.136 e. The van der Waals surface area contributed by atoms with E-state index in [1.165, 1.54) is 0 Å². The number of hydrogen-bond acceptors (Lipinski definition) is 4. The number of rotatable bonds is 3. The second kappa shape index (κ2) is 5.17. The van der Waals surface area contributed by atoms with Gasteiger partial charge in [0, 0.05) is 19.6 Å². The highest BCUT2D eigenvalue weighted by atomic mass is 16.5. The van der Waals surface area contributed by atoms with Gasteiger partial charge in [-0.2, -0.15) is 5.26 Å². The third-order valence-corrected chi connectivity index (χ3v) is 3.04. The van der Waals surface area contributed by atoms with Crippen molar-refractivity contribution in [1.29, 1.82) is 5.26 Å². The van der Waals surface area contributed by atoms with Crippen LogP contribution in [0.15, 0.2) is 18.2 Å². The van der Waals surface area contributed by atoms with Gasteiger partial charge in [0.2, 0.25) is 0 Å². The van der Waals surface area contributed by atoms with Gasteiger partial charge in [0.15, 0.2) is 0 Å². The van der Waals surface area contributed by atoms with Crippen molar-refractivity contribution in [2.75, 3.05) is 20.2 Å². The molecule has 0 spiro atoms. The van der Waals surface area contributed by atoms with Crippen LogP contribution < -0.4 is 4.74 Å². The van der Waals surface area contributed by atoms with Crippen LogP contribution in [0.25, 0.3) is 0 Å². The first kappa shape index (κ1) is 11.9. The Morgan fingerprint density at radius 3 is 3.00 bits per heavy atom. The zero-order chi connectivity index (χ0) is 12.3. The van der Waals surface area contributed by atoms with Gasteiger partial charge in [-0.3, -0.25) is 4.90 Å². The fraction of sp³-hybridized carbons (Fsp3) is 0.462. The molecule has 1 unspecified atom stereocenters. The lowest BCUT2D eigenvalue weighted by molar-refractivity contribution is 0.175. The van der Waals surface area contributed by atoms with E-state index in [4.69, 9.17) is 10.00 Å². The van der Waals surface area contributed by atoms with Crippen molar-refractivity contribution >= 4 is 0 Å². The van der Waals surface area contributed by atoms with Gasteiger partial charge in [-0.1, -0.05) is 6.07 Å². The Morgan fingerprint density at radius 1 is 1.59 bits per heavy atom. The Labute approximate surface area is 101 Å². The largest absolute Gasteiger partial charge is 0.495 e. The molecule has 90 valence electrons. The quantitative estimate of drug-likeness (QED) is 0.849. The highest BCUT2D eigenvalue weighted by Gasteiger charge is 2.20. The normalized spacial score (nSPS) is 20.2. The number of benzene rings is 1. The van der Waals surface area contributed by atoms with Crippen LogP contribution in [0.5, 0.6) is 5.75 Å². The van der Waals surface area contributed by atoms with Crippen LogP contribution in [0, 0.1) is 11.3 Å². The first-order valence-corrected chi connectivity index (χ1v) is 5.70. The monoisotopic (exact) mass is 232 g/mol. The molecule has 4 nitrogen and oxygen atoms in total. The van der Waals surface area contributed by atoms with Crippen LogP contribution in [-0.2, 0) is 6.54 Å². The van der Waals surface area contributed by atoms with Gasteiger partial charge in [0.25, 0.3) is 0 Å². The maximum atomic E-state index is 9.45. The molecule has 1 saturated heterocycles. The van der Waals surface area contributed by atoms with Crippen molar-refractivity contribution in [3.8, 4) is 11.8 Å². The molecule has 0 amide bonds. The molecule has 1 atom stereocenters. The van der Waals surface area contributed by atoms with Gasteiger partial charge in [-0.25, -0.2) is 0 Å². The number of methoxy groups -OCH3 is 1. The Morgan fingerprint density at radius 2 is 2.41 bits per heavy atom. The van der Waals surface area contributed by atoms with E-state index < -0.39 is 0 Å². The topological polar surface area (TPSA) is 56.5 Å². The van der Waals surface area contributed by atoms with Crippen molar-refractivity contribution in [3.05, 3.63) is 29.3 Å². The lowest BCUT2D eigenvalue weighted by Crippen LogP contribution is -2.21. The molecule has 0 aromatic heterocycles. The van der Waals surface area contributed by atoms with E-state index in [1.807, 2.05) is 18.2 Å². The Hall–Kier alpha value is -1.57. The highest BCUT2D eigenvalue weighted by Crippen LogP contribution is 2.21. The SMILES string of the molecule is COc1ccc(CN2CCC(O)C2)cc1C#N. The molecule has 1 fully saturated rings. The summed E-state index contributed by atoms with van der Waals surface area (Å²) in [6.45, 7) is 2.40. The molecule has 1 aliphatic heterocycles. The van der Waals surface area contributed by atoms with E-state index in [1.54, 1.807) is 7.11 Å². The number of aliphatic hydroxyl groups is 1. The van der Waals surface area contributed by atoms with Crippen molar-refractivity contribution in [1.82, 2.24) is 4.90 Å². The van der Waals surface area contributed by atoms with E-state index in [0.29, 0.717) is 17.9 Å². The summed E-state index contributed by atoms with van der Waals surface area (Å²) in [5, 5.41) is 18.4. The molecule has 4 heteroatoms. The fourth-order valence-electron chi connectivity index (χ4n) is 2.15. The summed E-state index contributed by atoms with van der Waals surface area (Å²) in [4.78, 5) is 2.19. The van der Waals surface area contributed by atoms with Crippen LogP contribution >= 0.6 is 0 Å². The molecular weight excluding hydrogens is 216 g/mol. The lowest BCUT2D eigenvalue weighted by Gasteiger charge is -2.15. The molecular formula is C13H16N2O2. The van der Waals surface area contributed by atoms with Crippen molar-refractivity contribution in [2.45, 2.75) is 19.1 Å². The average molecular weight is 232 g/mol. The second-order valence-corrected chi connectivity index (χ2v) is 4.32. The zero-order valence-corrected chi connectivity index (χ0v) is 9.89. The van der Waals surface area contributed by atoms with Crippen molar-refractivity contribution < 1.29 is 9.84 Å². The van der Waals surface area contributed by atoms with Crippen LogP contribution in [-0.4, -0.2) is 36.3 Å². The number of ether oxygens (including phenoxy) is 1. The number of nitriles is 1. The first-order valence-electron chi connectivity index (χ1n) is 5.70. The molecule has 1 heterocycles. The van der Waals surface area contributed by atoms with Gasteiger partial charge in [0.1, 0.15) is 11.8 Å². The molecule has 17 heavy (non-hydrogen) atoms. The third kappa shape index (κ3) is 2.76. The van der Waals surface area contributed by atoms with Crippen LogP contribution in [0.3, 0.4) is 0 Å². The molecule has 0 aliphatic carbocycles. The summed E-state index contributed by atoms with van der Waals surface area (Å²) >= 11 is 0. The van der Waals surface area contributed by atoms with Gasteiger partial charge in [-0.15, -0.1) is 0 Å². The van der Waals surface area contributed by atoms with E-state index in [-0.39, 0.29) is 6.10 Å². The molecule has 0 radical (unpaired) electrons. The fourth-order valence-corrected chi connectivity index (χ4v) is 2.15. The van der Waals surface area contributed by atoms with E-state index in [2.05, 4.69) is 11.0 Å². The van der Waals surface area contributed by atoms with Gasteiger partial charge < -0.3 is 9.84 Å². The Balaban J connectivity index is 2.09. The molecule has 1 aromatic rings. The smallest absolute Gasteiger partial charge is 0.136 e. The molecule has 1 aliphatic rings. The highest BCUT2D eigenvalue weighted by molar-refractivity contribution is 5.45. The summed E-state index contributed by atoms with van der Waals surface area (Å²) in [5.41, 5.74) is 1.64. The van der Waals surface area contributed by atoms with Crippen molar-refractivity contribution in [2.24, 2.45) is 0 Å². The summed E-state index contributed by atoms with van der Waals surface area (Å²) in [6.07, 6.45) is 0.630. The average Bonchev–Trinajstić information content (AvgIpc) is 2.74. The standard InChI is InChI=1S/C13H16N2O2/c1-17-13-3-2-10(6-11(13)7-14)8-15-5-4-12(16)9-15/h2-3,6,12,16H,4-5,8-9H2,1H3. The van der Waals surface area contributed by atoms with E-state index in [0.717, 1.165) is 25.1 Å². The molecule has 0 saturated carbocycles. The number of nitrogens with zero attached hydrogens (tertiary/aromatic N) is 2. The minimum atomic E-state index is -0.205. The van der Waals surface area contributed by atoms with Gasteiger partial charge >= 0.3 is 0 Å². The lowest BCUT2D eigenvalue weighted by atomic mass is 10.1. The first-order chi connectivity index (χ1) is 8.22. The van der Waals surface area contributed by atoms with E-state index >= 15 is 0 Å². The summed E-state index contributed by atoms with van der Waals surface area (Å²) in [5.74, 6) is 0.609. The van der Waals surface area contributed by atoms with Crippen LogP contribution in [0.4, 0.5) is 0 Å². The van der Waals surface area contributed by atoms with Gasteiger partial charge in [-0.05, 0) is 24.1 Å². The van der Waals surface area contributed by atoms with Crippen LogP contribution in [0.1, 0.15) is 17.5 Å². The molecule has 0 bridgehead atoms. The van der Waals surface area contributed by atoms with Gasteiger partial charge in [0.05, 0.1) is 18.8 Å². The Bertz CT molecular complexity index is 440. The number of likely N-dealkylation sites (tertiary alicyclic amines) is 1. The summed E-state index contributed by atoms with van der Waals surface area (Å²) in [7, 11) is 1.56. The number of hydrogen-bond donors (Lipinski definition) is 1. The number of β-amino-alcohol motifs (C(OH)–C–C–N with tert-alkyl or cyclic N) is 1. The zero-order valence-electron chi connectivity index (χ0n) is 9.89. The Kier molecular flexibility index (Phi) is 3.62. The minimum absolute atomic E-state index is 0.205. The summed E-state index contributed by atoms with van der Waals surface area (Å²) < 4.78 is 5.10. The maximum absolute atomic E-state index is 9.45. The molecule has 1 N–H and O–H groups in total. The second-order valence-electron chi connectivity index (χ2n) is 4.32. The van der Waals surface area contributed by atoms with Crippen LogP contribution in [0.2, 0.25) is 0 Å². The number of aliphatic hydroxyl groups excluding tert-OH is 1. The summed E-state index contributed by atoms with van der Waals surface area (Å²) in [6, 6.07) is 7.76. The minimum Gasteiger partial charge on any atom is -0.495 e. The van der Waals surface area contributed by atoms with Crippen molar-refractivity contribution in [3.63, 3.8) is 0 Å². The van der Waals surface area contributed by atoms with E-state index in [9.17, 15) is 5.11 Å². The molecule has 1 aromatic carbocycles. The predicted octanol–water partition coefficient (Wildman–Crippen LogP) is 1.13. The predicted molar refractivity (Wildman–Crippen MR) is 63.6 cm³/mol. The molecule has 2 rings (SSSR count). The third-order valence-electron chi connectivity index (χ3n) is 3.04.